The van der Waals surface area contributed by atoms with E-state index in [2.05, 4.69) is 37.3 Å². The standard InChI is InChI=1S/C30H34N8O3/c1-32-29(39)25-6-5-20(17-34-25)23-14-19-4-3-10-37(27(19)15-21(23)16-31)28-24-18-36(30(40)33-2)11-7-26(24)38(35-28)22-8-12-41-13-9-22/h5-6,14-15,17,22H,3-4,7-13,18H2,1-2H3,(H,32,39)(H,33,40). The molecule has 41 heavy (non-hydrogen) atoms. The number of urea groups is 1. The molecule has 0 radical (unpaired) electrons. The van der Waals surface area contributed by atoms with Gasteiger partial charge >= 0.3 is 6.03 Å². The molecule has 3 amide bonds. The first kappa shape index (κ1) is 26.8. The average molecular weight is 555 g/mol. The molecule has 11 heteroatoms. The third-order valence-corrected chi connectivity index (χ3v) is 8.35. The number of nitriles is 1. The van der Waals surface area contributed by atoms with Gasteiger partial charge in [0.25, 0.3) is 5.91 Å². The molecule has 0 saturated carbocycles. The first-order valence-corrected chi connectivity index (χ1v) is 14.2. The SMILES string of the molecule is CNC(=O)c1ccc(-c2cc3c(cc2C#N)N(c2nn(C4CCOCC4)c4c2CN(C(=O)NC)CC4)CCC3)cn1. The molecule has 11 nitrogen and oxygen atoms in total. The van der Waals surface area contributed by atoms with Crippen molar-refractivity contribution in [3.8, 4) is 17.2 Å². The van der Waals surface area contributed by atoms with Gasteiger partial charge in [-0.2, -0.15) is 10.4 Å². The molecule has 1 aromatic carbocycles. The molecule has 212 valence electrons. The van der Waals surface area contributed by atoms with Gasteiger partial charge in [-0.05, 0) is 49.4 Å². The molecule has 1 saturated heterocycles. The lowest BCUT2D eigenvalue weighted by Gasteiger charge is -2.33. The number of hydrogen-bond acceptors (Lipinski definition) is 7. The van der Waals surface area contributed by atoms with Gasteiger partial charge in [0.15, 0.2) is 5.82 Å². The van der Waals surface area contributed by atoms with Gasteiger partial charge in [0.1, 0.15) is 5.69 Å². The van der Waals surface area contributed by atoms with Crippen LogP contribution in [0.5, 0.6) is 0 Å². The van der Waals surface area contributed by atoms with Crippen LogP contribution in [-0.4, -0.2) is 72.0 Å². The second-order valence-electron chi connectivity index (χ2n) is 10.7. The van der Waals surface area contributed by atoms with Crippen molar-refractivity contribution in [2.45, 2.75) is 44.7 Å². The van der Waals surface area contributed by atoms with Gasteiger partial charge in [0.05, 0.1) is 24.2 Å². The number of carbonyl (C=O) groups excluding carboxylic acids is 2. The zero-order valence-corrected chi connectivity index (χ0v) is 23.4. The van der Waals surface area contributed by atoms with Crippen molar-refractivity contribution in [3.63, 3.8) is 0 Å². The number of hydrogen-bond donors (Lipinski definition) is 2. The van der Waals surface area contributed by atoms with E-state index in [0.29, 0.717) is 24.3 Å². The second-order valence-corrected chi connectivity index (χ2v) is 10.7. The van der Waals surface area contributed by atoms with Gasteiger partial charge in [-0.15, -0.1) is 0 Å². The van der Waals surface area contributed by atoms with Crippen molar-refractivity contribution in [3.05, 3.63) is 58.5 Å². The van der Waals surface area contributed by atoms with Gasteiger partial charge in [-0.25, -0.2) is 4.79 Å². The van der Waals surface area contributed by atoms with Gasteiger partial charge in [-0.1, -0.05) is 6.07 Å². The van der Waals surface area contributed by atoms with E-state index in [0.717, 1.165) is 85.6 Å². The minimum atomic E-state index is -0.253. The molecular formula is C30H34N8O3. The fraction of sp³-hybridized carbons (Fsp3) is 0.433. The van der Waals surface area contributed by atoms with Gasteiger partial charge < -0.3 is 25.2 Å². The molecular weight excluding hydrogens is 520 g/mol. The summed E-state index contributed by atoms with van der Waals surface area (Å²) in [6, 6.07) is 10.1. The zero-order chi connectivity index (χ0) is 28.5. The Hall–Kier alpha value is -4.43. The molecule has 1 fully saturated rings. The maximum Gasteiger partial charge on any atom is 0.317 e. The van der Waals surface area contributed by atoms with E-state index < -0.39 is 0 Å². The van der Waals surface area contributed by atoms with Crippen LogP contribution >= 0.6 is 0 Å². The highest BCUT2D eigenvalue weighted by Crippen LogP contribution is 2.41. The smallest absolute Gasteiger partial charge is 0.317 e. The van der Waals surface area contributed by atoms with Crippen molar-refractivity contribution in [2.75, 3.05) is 45.3 Å². The molecule has 2 N–H and O–H groups in total. The lowest BCUT2D eigenvalue weighted by atomic mass is 9.92. The highest BCUT2D eigenvalue weighted by Gasteiger charge is 2.34. The van der Waals surface area contributed by atoms with Gasteiger partial charge in [0.2, 0.25) is 0 Å². The van der Waals surface area contributed by atoms with E-state index in [1.807, 2.05) is 17.0 Å². The molecule has 0 unspecified atom stereocenters. The number of carbonyl (C=O) groups is 2. The Bertz CT molecular complexity index is 1520. The van der Waals surface area contributed by atoms with Crippen molar-refractivity contribution in [1.29, 1.82) is 5.26 Å². The largest absolute Gasteiger partial charge is 0.381 e. The van der Waals surface area contributed by atoms with E-state index in [1.165, 1.54) is 5.69 Å². The number of nitrogens with one attached hydrogen (secondary N) is 2. The second kappa shape index (κ2) is 11.2. The van der Waals surface area contributed by atoms with Gasteiger partial charge in [0, 0.05) is 81.1 Å². The number of aryl methyl sites for hydroxylation is 1. The molecule has 6 rings (SSSR count). The van der Waals surface area contributed by atoms with E-state index in [4.69, 9.17) is 9.84 Å². The third-order valence-electron chi connectivity index (χ3n) is 8.35. The molecule has 0 spiro atoms. The van der Waals surface area contributed by atoms with Crippen LogP contribution < -0.4 is 15.5 Å². The number of aromatic nitrogens is 3. The molecule has 0 bridgehead atoms. The summed E-state index contributed by atoms with van der Waals surface area (Å²) in [6.45, 7) is 3.35. The Morgan fingerprint density at radius 1 is 1.10 bits per heavy atom. The summed E-state index contributed by atoms with van der Waals surface area (Å²) in [4.78, 5) is 32.9. The molecule has 5 heterocycles. The predicted octanol–water partition coefficient (Wildman–Crippen LogP) is 3.31. The highest BCUT2D eigenvalue weighted by molar-refractivity contribution is 5.92. The van der Waals surface area contributed by atoms with E-state index in [-0.39, 0.29) is 18.0 Å². The lowest BCUT2D eigenvalue weighted by molar-refractivity contribution is 0.0651. The van der Waals surface area contributed by atoms with Crippen LogP contribution in [0, 0.1) is 11.3 Å². The van der Waals surface area contributed by atoms with Crippen molar-refractivity contribution in [2.24, 2.45) is 0 Å². The number of ether oxygens (including phenoxy) is 1. The van der Waals surface area contributed by atoms with E-state index in [9.17, 15) is 14.9 Å². The minimum Gasteiger partial charge on any atom is -0.381 e. The Balaban J connectivity index is 1.42. The number of pyridine rings is 1. The van der Waals surface area contributed by atoms with Crippen LogP contribution in [0.1, 0.15) is 58.2 Å². The summed E-state index contributed by atoms with van der Waals surface area (Å²) in [5, 5.41) is 20.7. The Labute approximate surface area is 239 Å². The number of fused-ring (bicyclic) bond motifs is 2. The van der Waals surface area contributed by atoms with Crippen LogP contribution in [0.2, 0.25) is 0 Å². The molecule has 3 aliphatic rings. The van der Waals surface area contributed by atoms with Crippen molar-refractivity contribution >= 4 is 23.4 Å². The number of nitrogens with zero attached hydrogens (tertiary/aromatic N) is 6. The molecule has 0 atom stereocenters. The number of rotatable bonds is 4. The first-order valence-electron chi connectivity index (χ1n) is 14.2. The maximum absolute atomic E-state index is 12.6. The van der Waals surface area contributed by atoms with E-state index >= 15 is 0 Å². The monoisotopic (exact) mass is 554 g/mol. The fourth-order valence-corrected chi connectivity index (χ4v) is 6.21. The van der Waals surface area contributed by atoms with Crippen molar-refractivity contribution in [1.82, 2.24) is 30.3 Å². The van der Waals surface area contributed by atoms with Crippen molar-refractivity contribution < 1.29 is 14.3 Å². The maximum atomic E-state index is 12.6. The Kier molecular flexibility index (Phi) is 7.32. The normalized spacial score (nSPS) is 16.9. The lowest BCUT2D eigenvalue weighted by Crippen LogP contribution is -2.42. The predicted molar refractivity (Wildman–Crippen MR) is 153 cm³/mol. The fourth-order valence-electron chi connectivity index (χ4n) is 6.21. The molecule has 3 aromatic rings. The summed E-state index contributed by atoms with van der Waals surface area (Å²) in [5.74, 6) is 0.617. The highest BCUT2D eigenvalue weighted by atomic mass is 16.5. The molecule has 3 aliphatic heterocycles. The molecule has 2 aromatic heterocycles. The number of benzene rings is 1. The summed E-state index contributed by atoms with van der Waals surface area (Å²) >= 11 is 0. The quantitative estimate of drug-likeness (QED) is 0.506. The topological polar surface area (TPSA) is 128 Å². The van der Waals surface area contributed by atoms with Gasteiger partial charge in [-0.3, -0.25) is 14.5 Å². The first-order chi connectivity index (χ1) is 20.0. The number of amides is 3. The minimum absolute atomic E-state index is 0.0908. The van der Waals surface area contributed by atoms with Crippen LogP contribution in [0.4, 0.5) is 16.3 Å². The summed E-state index contributed by atoms with van der Waals surface area (Å²) < 4.78 is 7.82. The Morgan fingerprint density at radius 3 is 2.63 bits per heavy atom. The van der Waals surface area contributed by atoms with Crippen LogP contribution in [0.3, 0.4) is 0 Å². The average Bonchev–Trinajstić information content (AvgIpc) is 3.42. The van der Waals surface area contributed by atoms with Crippen LogP contribution in [0.25, 0.3) is 11.1 Å². The number of anilines is 2. The van der Waals surface area contributed by atoms with Crippen LogP contribution in [-0.2, 0) is 24.1 Å². The Morgan fingerprint density at radius 2 is 1.93 bits per heavy atom. The summed E-state index contributed by atoms with van der Waals surface area (Å²) in [6.07, 6.45) is 6.03. The summed E-state index contributed by atoms with van der Waals surface area (Å²) in [7, 11) is 3.23. The zero-order valence-electron chi connectivity index (χ0n) is 23.4. The van der Waals surface area contributed by atoms with Crippen LogP contribution in [0.15, 0.2) is 30.5 Å². The molecule has 0 aliphatic carbocycles. The van der Waals surface area contributed by atoms with E-state index in [1.54, 1.807) is 26.4 Å². The summed E-state index contributed by atoms with van der Waals surface area (Å²) in [5.41, 5.74) is 6.83. The third kappa shape index (κ3) is 4.89.